The van der Waals surface area contributed by atoms with E-state index in [0.29, 0.717) is 25.1 Å². The fourth-order valence-electron chi connectivity index (χ4n) is 3.12. The van der Waals surface area contributed by atoms with E-state index in [0.717, 1.165) is 18.5 Å². The summed E-state index contributed by atoms with van der Waals surface area (Å²) in [6.45, 7) is 3.19. The van der Waals surface area contributed by atoms with Crippen molar-refractivity contribution in [2.45, 2.75) is 32.2 Å². The van der Waals surface area contributed by atoms with Gasteiger partial charge in [0.2, 0.25) is 5.91 Å². The predicted octanol–water partition coefficient (Wildman–Crippen LogP) is 2.29. The quantitative estimate of drug-likeness (QED) is 0.886. The van der Waals surface area contributed by atoms with Gasteiger partial charge >= 0.3 is 0 Å². The highest BCUT2D eigenvalue weighted by molar-refractivity contribution is 5.95. The molecule has 0 unspecified atom stereocenters. The fraction of sp³-hybridized carbons (Fsp3) is 0.368. The molecule has 5 heteroatoms. The number of hydrogen-bond donors (Lipinski definition) is 2. The molecule has 1 saturated heterocycles. The minimum atomic E-state index is -0.0719. The van der Waals surface area contributed by atoms with E-state index in [1.54, 1.807) is 12.3 Å². The van der Waals surface area contributed by atoms with Crippen molar-refractivity contribution in [3.63, 3.8) is 0 Å². The molecule has 0 bridgehead atoms. The molecule has 0 spiro atoms. The number of carbonyl (C=O) groups is 2. The van der Waals surface area contributed by atoms with Crippen LogP contribution in [0.3, 0.4) is 0 Å². The zero-order valence-corrected chi connectivity index (χ0v) is 13.9. The van der Waals surface area contributed by atoms with Crippen molar-refractivity contribution in [3.8, 4) is 0 Å². The number of likely N-dealkylation sites (tertiary alicyclic amines) is 1. The lowest BCUT2D eigenvalue weighted by atomic mass is 10.1. The van der Waals surface area contributed by atoms with Gasteiger partial charge in [-0.05, 0) is 31.4 Å². The van der Waals surface area contributed by atoms with E-state index >= 15 is 0 Å². The molecule has 1 fully saturated rings. The second kappa shape index (κ2) is 7.34. The number of aromatic amines is 1. The molecule has 2 heterocycles. The fourth-order valence-corrected chi connectivity index (χ4v) is 3.12. The van der Waals surface area contributed by atoms with Crippen LogP contribution in [0.2, 0.25) is 0 Å². The molecule has 1 aliphatic rings. The van der Waals surface area contributed by atoms with Crippen LogP contribution < -0.4 is 5.32 Å². The number of nitrogens with zero attached hydrogens (tertiary/aromatic N) is 1. The van der Waals surface area contributed by atoms with Crippen molar-refractivity contribution >= 4 is 11.8 Å². The van der Waals surface area contributed by atoms with Crippen LogP contribution in [-0.2, 0) is 11.2 Å². The first-order valence-corrected chi connectivity index (χ1v) is 8.40. The Kier molecular flexibility index (Phi) is 4.99. The molecule has 1 aromatic heterocycles. The first-order chi connectivity index (χ1) is 11.6. The number of aryl methyl sites for hydroxylation is 2. The first kappa shape index (κ1) is 16.3. The molecule has 126 valence electrons. The number of rotatable bonds is 5. The van der Waals surface area contributed by atoms with Gasteiger partial charge in [-0.25, -0.2) is 0 Å². The molecule has 0 radical (unpaired) electrons. The highest BCUT2D eigenvalue weighted by atomic mass is 16.2. The molecule has 3 rings (SSSR count). The summed E-state index contributed by atoms with van der Waals surface area (Å²) < 4.78 is 0. The number of benzene rings is 1. The second-order valence-corrected chi connectivity index (χ2v) is 6.30. The lowest BCUT2D eigenvalue weighted by molar-refractivity contribution is -0.130. The molecule has 1 aromatic carbocycles. The van der Waals surface area contributed by atoms with Crippen LogP contribution in [0.4, 0.5) is 0 Å². The molecular weight excluding hydrogens is 302 g/mol. The highest BCUT2D eigenvalue weighted by Gasteiger charge is 2.27. The van der Waals surface area contributed by atoms with E-state index in [9.17, 15) is 9.59 Å². The summed E-state index contributed by atoms with van der Waals surface area (Å²) in [4.78, 5) is 29.4. The Balaban J connectivity index is 1.47. The Morgan fingerprint density at radius 1 is 1.25 bits per heavy atom. The third kappa shape index (κ3) is 3.85. The van der Waals surface area contributed by atoms with Gasteiger partial charge in [0.05, 0.1) is 5.56 Å². The van der Waals surface area contributed by atoms with Gasteiger partial charge in [0.1, 0.15) is 0 Å². The second-order valence-electron chi connectivity index (χ2n) is 6.30. The molecule has 2 amide bonds. The van der Waals surface area contributed by atoms with Gasteiger partial charge in [-0.15, -0.1) is 0 Å². The number of amides is 2. The maximum atomic E-state index is 12.3. The van der Waals surface area contributed by atoms with Crippen molar-refractivity contribution in [1.29, 1.82) is 0 Å². The van der Waals surface area contributed by atoms with E-state index in [-0.39, 0.29) is 17.9 Å². The zero-order chi connectivity index (χ0) is 16.9. The summed E-state index contributed by atoms with van der Waals surface area (Å²) in [5.74, 6) is 0.0887. The topological polar surface area (TPSA) is 65.2 Å². The number of nitrogens with one attached hydrogen (secondary N) is 2. The van der Waals surface area contributed by atoms with Crippen LogP contribution in [0.5, 0.6) is 0 Å². The molecule has 1 aliphatic heterocycles. The number of hydrogen-bond acceptors (Lipinski definition) is 2. The van der Waals surface area contributed by atoms with Crippen molar-refractivity contribution in [2.24, 2.45) is 0 Å². The molecule has 2 N–H and O–H groups in total. The Morgan fingerprint density at radius 3 is 2.75 bits per heavy atom. The smallest absolute Gasteiger partial charge is 0.253 e. The number of aromatic nitrogens is 1. The van der Waals surface area contributed by atoms with E-state index in [2.05, 4.69) is 10.3 Å². The molecule has 0 saturated carbocycles. The van der Waals surface area contributed by atoms with Crippen LogP contribution in [0.15, 0.2) is 42.6 Å². The van der Waals surface area contributed by atoms with Gasteiger partial charge in [0.15, 0.2) is 0 Å². The lowest BCUT2D eigenvalue weighted by Gasteiger charge is -2.17. The van der Waals surface area contributed by atoms with E-state index < -0.39 is 0 Å². The maximum Gasteiger partial charge on any atom is 0.253 e. The van der Waals surface area contributed by atoms with Crippen molar-refractivity contribution < 1.29 is 9.59 Å². The standard InChI is InChI=1S/C19H23N3O2/c1-14-17(9-11-20-14)19(24)21-16-10-12-22(13-16)18(23)8-7-15-5-3-2-4-6-15/h2-6,9,11,16,20H,7-8,10,12-13H2,1H3,(H,21,24)/t16-/m1/s1. The van der Waals surface area contributed by atoms with Gasteiger partial charge in [-0.1, -0.05) is 30.3 Å². The number of H-pyrrole nitrogens is 1. The SMILES string of the molecule is Cc1[nH]ccc1C(=O)N[C@@H]1CCN(C(=O)CCc2ccccc2)C1. The van der Waals surface area contributed by atoms with Gasteiger partial charge in [0.25, 0.3) is 5.91 Å². The van der Waals surface area contributed by atoms with Crippen LogP contribution in [0.25, 0.3) is 0 Å². The van der Waals surface area contributed by atoms with Crippen LogP contribution in [0.1, 0.15) is 34.5 Å². The first-order valence-electron chi connectivity index (χ1n) is 8.40. The summed E-state index contributed by atoms with van der Waals surface area (Å²) in [5.41, 5.74) is 2.71. The van der Waals surface area contributed by atoms with E-state index in [1.807, 2.05) is 42.2 Å². The van der Waals surface area contributed by atoms with Gasteiger partial charge < -0.3 is 15.2 Å². The van der Waals surface area contributed by atoms with Gasteiger partial charge in [-0.2, -0.15) is 0 Å². The van der Waals surface area contributed by atoms with E-state index in [1.165, 1.54) is 5.56 Å². The van der Waals surface area contributed by atoms with Gasteiger partial charge in [0, 0.05) is 37.4 Å². The van der Waals surface area contributed by atoms with Crippen molar-refractivity contribution in [1.82, 2.24) is 15.2 Å². The van der Waals surface area contributed by atoms with Crippen LogP contribution in [0, 0.1) is 6.92 Å². The van der Waals surface area contributed by atoms with E-state index in [4.69, 9.17) is 0 Å². The Bertz CT molecular complexity index is 708. The number of carbonyl (C=O) groups excluding carboxylic acids is 2. The zero-order valence-electron chi connectivity index (χ0n) is 13.9. The summed E-state index contributed by atoms with van der Waals surface area (Å²) >= 11 is 0. The minimum absolute atomic E-state index is 0.0347. The predicted molar refractivity (Wildman–Crippen MR) is 92.7 cm³/mol. The molecule has 2 aromatic rings. The summed E-state index contributed by atoms with van der Waals surface area (Å²) in [6.07, 6.45) is 3.85. The third-order valence-electron chi connectivity index (χ3n) is 4.55. The largest absolute Gasteiger partial charge is 0.365 e. The van der Waals surface area contributed by atoms with Crippen LogP contribution >= 0.6 is 0 Å². The molecule has 0 aliphatic carbocycles. The summed E-state index contributed by atoms with van der Waals surface area (Å²) in [5, 5.41) is 3.03. The van der Waals surface area contributed by atoms with Gasteiger partial charge in [-0.3, -0.25) is 9.59 Å². The average molecular weight is 325 g/mol. The molecule has 24 heavy (non-hydrogen) atoms. The average Bonchev–Trinajstić information content (AvgIpc) is 3.22. The minimum Gasteiger partial charge on any atom is -0.365 e. The van der Waals surface area contributed by atoms with Crippen molar-refractivity contribution in [3.05, 3.63) is 59.4 Å². The maximum absolute atomic E-state index is 12.3. The lowest BCUT2D eigenvalue weighted by Crippen LogP contribution is -2.38. The summed E-state index contributed by atoms with van der Waals surface area (Å²) in [6, 6.07) is 11.9. The van der Waals surface area contributed by atoms with Crippen LogP contribution in [-0.4, -0.2) is 40.8 Å². The third-order valence-corrected chi connectivity index (χ3v) is 4.55. The van der Waals surface area contributed by atoms with Crippen molar-refractivity contribution in [2.75, 3.05) is 13.1 Å². The summed E-state index contributed by atoms with van der Waals surface area (Å²) in [7, 11) is 0. The Morgan fingerprint density at radius 2 is 2.04 bits per heavy atom. The monoisotopic (exact) mass is 325 g/mol. The molecule has 1 atom stereocenters. The Hall–Kier alpha value is -2.56. The Labute approximate surface area is 142 Å². The highest BCUT2D eigenvalue weighted by Crippen LogP contribution is 2.14. The molecule has 5 nitrogen and oxygen atoms in total. The molecular formula is C19H23N3O2. The normalized spacial score (nSPS) is 17.0.